The Morgan fingerprint density at radius 3 is 2.65 bits per heavy atom. The molecule has 0 spiro atoms. The second kappa shape index (κ2) is 5.99. The third kappa shape index (κ3) is 3.05. The minimum Gasteiger partial charge on any atom is -0.354 e. The molecule has 0 atom stereocenters. The summed E-state index contributed by atoms with van der Waals surface area (Å²) in [5.74, 6) is 1.06. The lowest BCUT2D eigenvalue weighted by Crippen LogP contribution is -2.47. The number of aromatic nitrogens is 3. The molecule has 0 bridgehead atoms. The standard InChI is InChI=1S/C13H17N5S2/c1-11-15-18(13(19)20-11)10-16-6-8-17(9-7-16)12-4-2-3-5-14-12/h2-5H,6-10H2,1H3. The van der Waals surface area contributed by atoms with Crippen molar-refractivity contribution in [3.8, 4) is 0 Å². The van der Waals surface area contributed by atoms with Gasteiger partial charge in [-0.15, -0.1) is 0 Å². The first-order chi connectivity index (χ1) is 9.72. The minimum atomic E-state index is 0.791. The smallest absolute Gasteiger partial charge is 0.180 e. The van der Waals surface area contributed by atoms with Crippen LogP contribution in [-0.4, -0.2) is 45.8 Å². The van der Waals surface area contributed by atoms with Crippen LogP contribution in [0.1, 0.15) is 5.01 Å². The SMILES string of the molecule is Cc1nn(CN2CCN(c3ccccn3)CC2)c(=S)s1. The van der Waals surface area contributed by atoms with Gasteiger partial charge in [-0.2, -0.15) is 5.10 Å². The van der Waals surface area contributed by atoms with Gasteiger partial charge in [-0.25, -0.2) is 9.67 Å². The van der Waals surface area contributed by atoms with Crippen LogP contribution in [0, 0.1) is 10.9 Å². The number of hydrogen-bond donors (Lipinski definition) is 0. The van der Waals surface area contributed by atoms with E-state index in [4.69, 9.17) is 12.2 Å². The summed E-state index contributed by atoms with van der Waals surface area (Å²) in [7, 11) is 0. The highest BCUT2D eigenvalue weighted by atomic mass is 32.1. The predicted molar refractivity (Wildman–Crippen MR) is 83.7 cm³/mol. The van der Waals surface area contributed by atoms with Crippen LogP contribution in [-0.2, 0) is 6.67 Å². The van der Waals surface area contributed by atoms with Gasteiger partial charge in [-0.1, -0.05) is 17.4 Å². The summed E-state index contributed by atoms with van der Waals surface area (Å²) in [6.07, 6.45) is 1.85. The molecule has 2 aromatic heterocycles. The Morgan fingerprint density at radius 1 is 1.25 bits per heavy atom. The summed E-state index contributed by atoms with van der Waals surface area (Å²) < 4.78 is 2.78. The maximum Gasteiger partial charge on any atom is 0.180 e. The molecule has 0 unspecified atom stereocenters. The predicted octanol–water partition coefficient (Wildman–Crippen LogP) is 2.16. The molecule has 3 rings (SSSR count). The van der Waals surface area contributed by atoms with Gasteiger partial charge in [0.2, 0.25) is 0 Å². The Morgan fingerprint density at radius 2 is 2.05 bits per heavy atom. The first-order valence-electron chi connectivity index (χ1n) is 6.65. The normalized spacial score (nSPS) is 16.6. The van der Waals surface area contributed by atoms with Crippen LogP contribution in [0.25, 0.3) is 0 Å². The zero-order valence-electron chi connectivity index (χ0n) is 11.4. The van der Waals surface area contributed by atoms with Gasteiger partial charge in [0.25, 0.3) is 0 Å². The molecule has 1 fully saturated rings. The number of piperazine rings is 1. The Labute approximate surface area is 127 Å². The molecule has 0 aliphatic carbocycles. The van der Waals surface area contributed by atoms with Crippen LogP contribution in [0.4, 0.5) is 5.82 Å². The van der Waals surface area contributed by atoms with E-state index in [1.807, 2.05) is 29.9 Å². The van der Waals surface area contributed by atoms with Gasteiger partial charge in [0, 0.05) is 32.4 Å². The van der Waals surface area contributed by atoms with Gasteiger partial charge >= 0.3 is 0 Å². The summed E-state index contributed by atoms with van der Waals surface area (Å²) in [5.41, 5.74) is 0. The van der Waals surface area contributed by atoms with E-state index in [0.717, 1.165) is 47.6 Å². The van der Waals surface area contributed by atoms with Crippen molar-refractivity contribution in [2.45, 2.75) is 13.6 Å². The molecule has 0 N–H and O–H groups in total. The van der Waals surface area contributed by atoms with E-state index in [2.05, 4.69) is 25.9 Å². The van der Waals surface area contributed by atoms with E-state index >= 15 is 0 Å². The molecule has 2 aromatic rings. The number of rotatable bonds is 3. The summed E-state index contributed by atoms with van der Waals surface area (Å²) in [6.45, 7) is 6.79. The van der Waals surface area contributed by atoms with E-state index in [-0.39, 0.29) is 0 Å². The molecule has 0 amide bonds. The van der Waals surface area contributed by atoms with Crippen LogP contribution in [0.15, 0.2) is 24.4 Å². The number of hydrogen-bond acceptors (Lipinski definition) is 6. The highest BCUT2D eigenvalue weighted by Gasteiger charge is 2.18. The zero-order valence-corrected chi connectivity index (χ0v) is 13.0. The van der Waals surface area contributed by atoms with Crippen molar-refractivity contribution in [3.63, 3.8) is 0 Å². The highest BCUT2D eigenvalue weighted by molar-refractivity contribution is 7.73. The molecule has 0 aromatic carbocycles. The van der Waals surface area contributed by atoms with Gasteiger partial charge in [-0.3, -0.25) is 4.90 Å². The second-order valence-corrected chi connectivity index (χ2v) is 6.65. The molecule has 7 heteroatoms. The quantitative estimate of drug-likeness (QED) is 0.812. The van der Waals surface area contributed by atoms with Crippen molar-refractivity contribution in [3.05, 3.63) is 33.4 Å². The van der Waals surface area contributed by atoms with Gasteiger partial charge in [-0.05, 0) is 31.3 Å². The molecule has 3 heterocycles. The summed E-state index contributed by atoms with van der Waals surface area (Å²) in [4.78, 5) is 9.11. The van der Waals surface area contributed by atoms with Crippen molar-refractivity contribution >= 4 is 29.4 Å². The Balaban J connectivity index is 1.59. The summed E-state index contributed by atoms with van der Waals surface area (Å²) in [5, 5.41) is 5.47. The maximum absolute atomic E-state index is 5.31. The molecule has 1 saturated heterocycles. The number of nitrogens with zero attached hydrogens (tertiary/aromatic N) is 5. The van der Waals surface area contributed by atoms with E-state index in [1.165, 1.54) is 0 Å². The molecule has 106 valence electrons. The Kier molecular flexibility index (Phi) is 4.09. The molecule has 5 nitrogen and oxygen atoms in total. The summed E-state index contributed by atoms with van der Waals surface area (Å²) >= 11 is 6.89. The number of aryl methyl sites for hydroxylation is 1. The number of anilines is 1. The third-order valence-electron chi connectivity index (χ3n) is 3.39. The molecule has 1 aliphatic heterocycles. The lowest BCUT2D eigenvalue weighted by Gasteiger charge is -2.35. The Hall–Kier alpha value is -1.31. The first kappa shape index (κ1) is 13.7. The topological polar surface area (TPSA) is 37.2 Å². The van der Waals surface area contributed by atoms with Crippen LogP contribution in [0.2, 0.25) is 0 Å². The molecule has 20 heavy (non-hydrogen) atoms. The fourth-order valence-electron chi connectivity index (χ4n) is 2.35. The fraction of sp³-hybridized carbons (Fsp3) is 0.462. The lowest BCUT2D eigenvalue weighted by atomic mass is 10.3. The molecule has 1 aliphatic rings. The second-order valence-electron chi connectivity index (χ2n) is 4.82. The van der Waals surface area contributed by atoms with E-state index in [9.17, 15) is 0 Å². The van der Waals surface area contributed by atoms with Gasteiger partial charge in [0.15, 0.2) is 3.95 Å². The number of pyridine rings is 1. The van der Waals surface area contributed by atoms with Crippen LogP contribution >= 0.6 is 23.6 Å². The fourth-order valence-corrected chi connectivity index (χ4v) is 3.40. The lowest BCUT2D eigenvalue weighted by molar-refractivity contribution is 0.194. The van der Waals surface area contributed by atoms with Crippen molar-refractivity contribution in [1.29, 1.82) is 0 Å². The average molecular weight is 307 g/mol. The third-order valence-corrected chi connectivity index (χ3v) is 4.61. The maximum atomic E-state index is 5.31. The van der Waals surface area contributed by atoms with Crippen molar-refractivity contribution in [1.82, 2.24) is 19.7 Å². The van der Waals surface area contributed by atoms with Crippen LogP contribution in [0.5, 0.6) is 0 Å². The average Bonchev–Trinajstić information content (AvgIpc) is 2.79. The molecule has 0 saturated carbocycles. The molecular formula is C13H17N5S2. The highest BCUT2D eigenvalue weighted by Crippen LogP contribution is 2.14. The molecular weight excluding hydrogens is 290 g/mol. The van der Waals surface area contributed by atoms with E-state index < -0.39 is 0 Å². The van der Waals surface area contributed by atoms with Crippen molar-refractivity contribution < 1.29 is 0 Å². The minimum absolute atomic E-state index is 0.791. The first-order valence-corrected chi connectivity index (χ1v) is 7.88. The van der Waals surface area contributed by atoms with Gasteiger partial charge in [0.05, 0.1) is 6.67 Å². The Bertz CT molecular complexity index is 613. The van der Waals surface area contributed by atoms with Crippen molar-refractivity contribution in [2.24, 2.45) is 0 Å². The van der Waals surface area contributed by atoms with Crippen molar-refractivity contribution in [2.75, 3.05) is 31.1 Å². The van der Waals surface area contributed by atoms with Gasteiger partial charge in [0.1, 0.15) is 10.8 Å². The summed E-state index contributed by atoms with van der Waals surface area (Å²) in [6, 6.07) is 6.05. The van der Waals surface area contributed by atoms with Crippen LogP contribution < -0.4 is 4.90 Å². The van der Waals surface area contributed by atoms with Gasteiger partial charge < -0.3 is 4.90 Å². The largest absolute Gasteiger partial charge is 0.354 e. The monoisotopic (exact) mass is 307 g/mol. The van der Waals surface area contributed by atoms with Crippen LogP contribution in [0.3, 0.4) is 0 Å². The zero-order chi connectivity index (χ0) is 13.9. The van der Waals surface area contributed by atoms with E-state index in [0.29, 0.717) is 0 Å². The van der Waals surface area contributed by atoms with E-state index in [1.54, 1.807) is 11.3 Å². The molecule has 0 radical (unpaired) electrons.